The highest BCUT2D eigenvalue weighted by molar-refractivity contribution is 7.13. The number of aromatic nitrogens is 4. The van der Waals surface area contributed by atoms with Crippen LogP contribution in [0.4, 0.5) is 0 Å². The number of thiazole rings is 1. The smallest absolute Gasteiger partial charge is 0.263 e. The fourth-order valence-corrected chi connectivity index (χ4v) is 2.29. The van der Waals surface area contributed by atoms with Crippen LogP contribution in [0, 0.1) is 0 Å². The SMILES string of the molecule is CCc1ncc(C(=O)NC(C)Cn2cncn2)s1. The molecule has 0 radical (unpaired) electrons. The first-order valence-electron chi connectivity index (χ1n) is 5.77. The number of amides is 1. The van der Waals surface area contributed by atoms with E-state index in [-0.39, 0.29) is 11.9 Å². The number of rotatable bonds is 5. The zero-order valence-electron chi connectivity index (χ0n) is 10.3. The molecule has 18 heavy (non-hydrogen) atoms. The molecule has 0 saturated heterocycles. The van der Waals surface area contributed by atoms with E-state index in [2.05, 4.69) is 20.4 Å². The highest BCUT2D eigenvalue weighted by Crippen LogP contribution is 2.13. The van der Waals surface area contributed by atoms with Gasteiger partial charge in [0.1, 0.15) is 17.5 Å². The summed E-state index contributed by atoms with van der Waals surface area (Å²) in [6.07, 6.45) is 5.59. The molecule has 96 valence electrons. The number of hydrogen-bond acceptors (Lipinski definition) is 5. The number of nitrogens with zero attached hydrogens (tertiary/aromatic N) is 4. The molecule has 2 heterocycles. The van der Waals surface area contributed by atoms with Gasteiger partial charge >= 0.3 is 0 Å². The van der Waals surface area contributed by atoms with Gasteiger partial charge in [-0.2, -0.15) is 5.10 Å². The van der Waals surface area contributed by atoms with Crippen LogP contribution < -0.4 is 5.32 Å². The van der Waals surface area contributed by atoms with E-state index in [1.54, 1.807) is 17.2 Å². The lowest BCUT2D eigenvalue weighted by Crippen LogP contribution is -2.35. The van der Waals surface area contributed by atoms with Crippen molar-refractivity contribution >= 4 is 17.2 Å². The third-order valence-corrected chi connectivity index (χ3v) is 3.53. The Balaban J connectivity index is 1.90. The molecule has 1 atom stereocenters. The van der Waals surface area contributed by atoms with Crippen molar-refractivity contribution in [3.63, 3.8) is 0 Å². The average Bonchev–Trinajstić information content (AvgIpc) is 2.98. The van der Waals surface area contributed by atoms with Gasteiger partial charge in [0.25, 0.3) is 5.91 Å². The number of aryl methyl sites for hydroxylation is 1. The summed E-state index contributed by atoms with van der Waals surface area (Å²) in [5.74, 6) is -0.0835. The van der Waals surface area contributed by atoms with Crippen LogP contribution in [-0.2, 0) is 13.0 Å². The standard InChI is InChI=1S/C11H15N5OS/c1-3-10-13-4-9(18-10)11(17)15-8(2)5-16-7-12-6-14-16/h4,6-8H,3,5H2,1-2H3,(H,15,17). The molecule has 0 aliphatic rings. The van der Waals surface area contributed by atoms with Crippen LogP contribution in [0.1, 0.15) is 28.5 Å². The topological polar surface area (TPSA) is 72.7 Å². The van der Waals surface area contributed by atoms with E-state index in [9.17, 15) is 4.79 Å². The van der Waals surface area contributed by atoms with E-state index in [0.29, 0.717) is 11.4 Å². The summed E-state index contributed by atoms with van der Waals surface area (Å²) in [7, 11) is 0. The van der Waals surface area contributed by atoms with Gasteiger partial charge < -0.3 is 5.32 Å². The second kappa shape index (κ2) is 5.72. The fraction of sp³-hybridized carbons (Fsp3) is 0.455. The molecule has 6 nitrogen and oxygen atoms in total. The molecule has 0 spiro atoms. The predicted octanol–water partition coefficient (Wildman–Crippen LogP) is 1.12. The minimum atomic E-state index is -0.0835. The molecule has 0 aromatic carbocycles. The molecule has 1 unspecified atom stereocenters. The van der Waals surface area contributed by atoms with Gasteiger partial charge in [0.2, 0.25) is 0 Å². The third kappa shape index (κ3) is 3.13. The number of carbonyl (C=O) groups is 1. The quantitative estimate of drug-likeness (QED) is 0.879. The zero-order chi connectivity index (χ0) is 13.0. The molecule has 2 aromatic heterocycles. The Bertz CT molecular complexity index is 507. The molecule has 1 amide bonds. The van der Waals surface area contributed by atoms with Crippen LogP contribution in [0.15, 0.2) is 18.9 Å². The first-order valence-corrected chi connectivity index (χ1v) is 6.58. The molecule has 0 aliphatic carbocycles. The Labute approximate surface area is 109 Å². The summed E-state index contributed by atoms with van der Waals surface area (Å²) in [6, 6.07) is -0.00798. The number of carbonyl (C=O) groups excluding carboxylic acids is 1. The maximum absolute atomic E-state index is 11.9. The highest BCUT2D eigenvalue weighted by Gasteiger charge is 2.13. The van der Waals surface area contributed by atoms with E-state index in [1.807, 2.05) is 13.8 Å². The lowest BCUT2D eigenvalue weighted by Gasteiger charge is -2.12. The zero-order valence-corrected chi connectivity index (χ0v) is 11.1. The number of nitrogens with one attached hydrogen (secondary N) is 1. The summed E-state index contributed by atoms with van der Waals surface area (Å²) in [4.78, 5) is 20.6. The summed E-state index contributed by atoms with van der Waals surface area (Å²) in [6.45, 7) is 4.56. The third-order valence-electron chi connectivity index (χ3n) is 2.38. The molecule has 0 aliphatic heterocycles. The van der Waals surface area contributed by atoms with Gasteiger partial charge in [-0.25, -0.2) is 9.97 Å². The molecular formula is C11H15N5OS. The second-order valence-electron chi connectivity index (χ2n) is 3.96. The molecule has 0 fully saturated rings. The molecule has 0 bridgehead atoms. The van der Waals surface area contributed by atoms with E-state index in [4.69, 9.17) is 0 Å². The molecule has 2 aromatic rings. The van der Waals surface area contributed by atoms with E-state index in [1.165, 1.54) is 17.7 Å². The van der Waals surface area contributed by atoms with Crippen LogP contribution in [-0.4, -0.2) is 31.7 Å². The molecule has 0 saturated carbocycles. The predicted molar refractivity (Wildman–Crippen MR) is 68.4 cm³/mol. The maximum atomic E-state index is 11.9. The Morgan fingerprint density at radius 1 is 1.61 bits per heavy atom. The van der Waals surface area contributed by atoms with Crippen LogP contribution >= 0.6 is 11.3 Å². The van der Waals surface area contributed by atoms with Crippen molar-refractivity contribution < 1.29 is 4.79 Å². The lowest BCUT2D eigenvalue weighted by molar-refractivity contribution is 0.0940. The largest absolute Gasteiger partial charge is 0.347 e. The van der Waals surface area contributed by atoms with Gasteiger partial charge in [0, 0.05) is 6.04 Å². The Morgan fingerprint density at radius 3 is 3.06 bits per heavy atom. The van der Waals surface area contributed by atoms with Crippen molar-refractivity contribution in [2.24, 2.45) is 0 Å². The van der Waals surface area contributed by atoms with Gasteiger partial charge in [0.05, 0.1) is 17.7 Å². The minimum Gasteiger partial charge on any atom is -0.347 e. The summed E-state index contributed by atoms with van der Waals surface area (Å²) in [5.41, 5.74) is 0. The van der Waals surface area contributed by atoms with Gasteiger partial charge in [-0.15, -0.1) is 11.3 Å². The van der Waals surface area contributed by atoms with E-state index >= 15 is 0 Å². The molecule has 1 N–H and O–H groups in total. The van der Waals surface area contributed by atoms with Gasteiger partial charge in [0.15, 0.2) is 0 Å². The van der Waals surface area contributed by atoms with Crippen LogP contribution in [0.2, 0.25) is 0 Å². The van der Waals surface area contributed by atoms with Crippen LogP contribution in [0.25, 0.3) is 0 Å². The first kappa shape index (κ1) is 12.7. The van der Waals surface area contributed by atoms with Gasteiger partial charge in [-0.3, -0.25) is 9.48 Å². The van der Waals surface area contributed by atoms with Crippen molar-refractivity contribution in [1.82, 2.24) is 25.1 Å². The van der Waals surface area contributed by atoms with Crippen LogP contribution in [0.5, 0.6) is 0 Å². The van der Waals surface area contributed by atoms with Gasteiger partial charge in [-0.05, 0) is 13.3 Å². The average molecular weight is 265 g/mol. The Hall–Kier alpha value is -1.76. The van der Waals surface area contributed by atoms with Crippen molar-refractivity contribution in [2.45, 2.75) is 32.9 Å². The van der Waals surface area contributed by atoms with Crippen molar-refractivity contribution in [3.05, 3.63) is 28.7 Å². The normalized spacial score (nSPS) is 12.3. The minimum absolute atomic E-state index is 0.00798. The second-order valence-corrected chi connectivity index (χ2v) is 5.08. The highest BCUT2D eigenvalue weighted by atomic mass is 32.1. The lowest BCUT2D eigenvalue weighted by atomic mass is 10.3. The molecular weight excluding hydrogens is 250 g/mol. The van der Waals surface area contributed by atoms with Crippen molar-refractivity contribution in [2.75, 3.05) is 0 Å². The monoisotopic (exact) mass is 265 g/mol. The van der Waals surface area contributed by atoms with Crippen molar-refractivity contribution in [1.29, 1.82) is 0 Å². The molecule has 7 heteroatoms. The first-order chi connectivity index (χ1) is 8.69. The van der Waals surface area contributed by atoms with E-state index < -0.39 is 0 Å². The molecule has 2 rings (SSSR count). The summed E-state index contributed by atoms with van der Waals surface area (Å²) >= 11 is 1.43. The fourth-order valence-electron chi connectivity index (χ4n) is 1.53. The maximum Gasteiger partial charge on any atom is 0.263 e. The van der Waals surface area contributed by atoms with E-state index in [0.717, 1.165) is 11.4 Å². The number of hydrogen-bond donors (Lipinski definition) is 1. The Kier molecular flexibility index (Phi) is 4.03. The summed E-state index contributed by atoms with van der Waals surface area (Å²) < 4.78 is 1.69. The van der Waals surface area contributed by atoms with Gasteiger partial charge in [-0.1, -0.05) is 6.92 Å². The Morgan fingerprint density at radius 2 is 2.44 bits per heavy atom. The summed E-state index contributed by atoms with van der Waals surface area (Å²) in [5, 5.41) is 7.89. The van der Waals surface area contributed by atoms with Crippen LogP contribution in [0.3, 0.4) is 0 Å². The van der Waals surface area contributed by atoms with Crippen molar-refractivity contribution in [3.8, 4) is 0 Å².